The number of nitriles is 1. The summed E-state index contributed by atoms with van der Waals surface area (Å²) in [5.41, 5.74) is 0. The monoisotopic (exact) mass is 212 g/mol. The second-order valence-corrected chi connectivity index (χ2v) is 3.53. The fourth-order valence-electron chi connectivity index (χ4n) is 1.36. The van der Waals surface area contributed by atoms with Gasteiger partial charge < -0.3 is 4.74 Å². The van der Waals surface area contributed by atoms with E-state index in [0.717, 1.165) is 12.8 Å². The highest BCUT2D eigenvalue weighted by molar-refractivity contribution is 5.75. The molecular weight excluding hydrogens is 192 g/mol. The summed E-state index contributed by atoms with van der Waals surface area (Å²) in [5, 5.41) is 8.79. The van der Waals surface area contributed by atoms with Crippen LogP contribution >= 0.6 is 0 Å². The number of esters is 1. The first-order valence-electron chi connectivity index (χ1n) is 5.36. The third-order valence-electron chi connectivity index (χ3n) is 2.41. The average molecular weight is 212 g/mol. The molecule has 0 aliphatic carbocycles. The molecule has 0 heterocycles. The number of nitrogens with zero attached hydrogens (tertiary/aromatic N) is 2. The summed E-state index contributed by atoms with van der Waals surface area (Å²) in [5.74, 6) is -0.232. The summed E-state index contributed by atoms with van der Waals surface area (Å²) in [6.45, 7) is 5.96. The van der Waals surface area contributed by atoms with E-state index in [2.05, 4.69) is 6.07 Å². The Hall–Kier alpha value is -1.08. The van der Waals surface area contributed by atoms with Gasteiger partial charge in [-0.1, -0.05) is 13.3 Å². The van der Waals surface area contributed by atoms with E-state index >= 15 is 0 Å². The Kier molecular flexibility index (Phi) is 6.72. The maximum Gasteiger partial charge on any atom is 0.323 e. The largest absolute Gasteiger partial charge is 0.465 e. The molecule has 15 heavy (non-hydrogen) atoms. The lowest BCUT2D eigenvalue weighted by Crippen LogP contribution is -2.43. The number of likely N-dealkylation sites (N-methyl/N-ethyl adjacent to an activating group) is 1. The van der Waals surface area contributed by atoms with Crippen LogP contribution in [0.4, 0.5) is 0 Å². The van der Waals surface area contributed by atoms with Gasteiger partial charge in [0.05, 0.1) is 18.7 Å². The molecule has 86 valence electrons. The lowest BCUT2D eigenvalue weighted by atomic mass is 10.1. The van der Waals surface area contributed by atoms with Crippen LogP contribution in [0.2, 0.25) is 0 Å². The number of hydrogen-bond acceptors (Lipinski definition) is 4. The van der Waals surface area contributed by atoms with Gasteiger partial charge >= 0.3 is 5.97 Å². The Morgan fingerprint density at radius 3 is 2.53 bits per heavy atom. The molecule has 4 nitrogen and oxygen atoms in total. The zero-order chi connectivity index (χ0) is 11.8. The minimum absolute atomic E-state index is 0.232. The molecule has 0 radical (unpaired) electrons. The maximum atomic E-state index is 11.6. The summed E-state index contributed by atoms with van der Waals surface area (Å²) in [4.78, 5) is 13.4. The van der Waals surface area contributed by atoms with Crippen LogP contribution in [0.15, 0.2) is 0 Å². The smallest absolute Gasteiger partial charge is 0.323 e. The molecular formula is C11H20N2O2. The minimum Gasteiger partial charge on any atom is -0.465 e. The molecule has 0 aliphatic rings. The van der Waals surface area contributed by atoms with Gasteiger partial charge in [-0.25, -0.2) is 0 Å². The first kappa shape index (κ1) is 13.9. The molecule has 0 bridgehead atoms. The second-order valence-electron chi connectivity index (χ2n) is 3.53. The number of ether oxygens (including phenoxy) is 1. The predicted molar refractivity (Wildman–Crippen MR) is 58.2 cm³/mol. The molecule has 0 aromatic heterocycles. The van der Waals surface area contributed by atoms with Gasteiger partial charge in [0, 0.05) is 0 Å². The van der Waals surface area contributed by atoms with Gasteiger partial charge in [0.25, 0.3) is 0 Å². The molecule has 0 aliphatic heterocycles. The topological polar surface area (TPSA) is 53.3 Å². The average Bonchev–Trinajstić information content (AvgIpc) is 2.24. The van der Waals surface area contributed by atoms with Crippen LogP contribution in [0.3, 0.4) is 0 Å². The SMILES string of the molecule is CCCC(C(=O)OCC)N(C)C(C)C#N. The van der Waals surface area contributed by atoms with E-state index in [0.29, 0.717) is 6.61 Å². The van der Waals surface area contributed by atoms with Crippen molar-refractivity contribution in [2.24, 2.45) is 0 Å². The summed E-state index contributed by atoms with van der Waals surface area (Å²) < 4.78 is 4.98. The van der Waals surface area contributed by atoms with Crippen molar-refractivity contribution >= 4 is 5.97 Å². The Balaban J connectivity index is 4.51. The Labute approximate surface area is 91.8 Å². The molecule has 0 aromatic rings. The van der Waals surface area contributed by atoms with Crippen LogP contribution < -0.4 is 0 Å². The predicted octanol–water partition coefficient (Wildman–Crippen LogP) is 1.56. The molecule has 0 aromatic carbocycles. The van der Waals surface area contributed by atoms with Crippen LogP contribution in [-0.2, 0) is 9.53 Å². The number of carbonyl (C=O) groups excluding carboxylic acids is 1. The highest BCUT2D eigenvalue weighted by Gasteiger charge is 2.26. The summed E-state index contributed by atoms with van der Waals surface area (Å²) in [6.07, 6.45) is 1.62. The van der Waals surface area contributed by atoms with Gasteiger partial charge in [-0.15, -0.1) is 0 Å². The first-order chi connectivity index (χ1) is 7.08. The minimum atomic E-state index is -0.301. The molecule has 0 amide bonds. The Morgan fingerprint density at radius 1 is 1.53 bits per heavy atom. The number of rotatable bonds is 6. The third-order valence-corrected chi connectivity index (χ3v) is 2.41. The molecule has 0 fully saturated rings. The van der Waals surface area contributed by atoms with Crippen molar-refractivity contribution in [3.8, 4) is 6.07 Å². The lowest BCUT2D eigenvalue weighted by Gasteiger charge is -2.27. The van der Waals surface area contributed by atoms with Crippen LogP contribution in [0.1, 0.15) is 33.6 Å². The third kappa shape index (κ3) is 4.30. The van der Waals surface area contributed by atoms with Gasteiger partial charge in [-0.3, -0.25) is 9.69 Å². The summed E-state index contributed by atoms with van der Waals surface area (Å²) in [7, 11) is 1.78. The molecule has 0 saturated carbocycles. The Bertz CT molecular complexity index is 235. The second kappa shape index (κ2) is 7.24. The standard InChI is InChI=1S/C11H20N2O2/c1-5-7-10(11(14)15-6-2)13(4)9(3)8-12/h9-10H,5-7H2,1-4H3. The number of hydrogen-bond donors (Lipinski definition) is 0. The van der Waals surface area contributed by atoms with Crippen molar-refractivity contribution in [2.75, 3.05) is 13.7 Å². The van der Waals surface area contributed by atoms with Crippen molar-refractivity contribution in [3.63, 3.8) is 0 Å². The fraction of sp³-hybridized carbons (Fsp3) is 0.818. The van der Waals surface area contributed by atoms with Gasteiger partial charge in [-0.2, -0.15) is 5.26 Å². The van der Waals surface area contributed by atoms with E-state index in [1.54, 1.807) is 25.8 Å². The number of carbonyl (C=O) groups is 1. The van der Waals surface area contributed by atoms with Crippen molar-refractivity contribution in [1.82, 2.24) is 4.90 Å². The first-order valence-corrected chi connectivity index (χ1v) is 5.36. The van der Waals surface area contributed by atoms with Crippen LogP contribution in [0, 0.1) is 11.3 Å². The molecule has 2 atom stereocenters. The van der Waals surface area contributed by atoms with Gasteiger partial charge in [0.1, 0.15) is 6.04 Å². The van der Waals surface area contributed by atoms with Crippen molar-refractivity contribution in [3.05, 3.63) is 0 Å². The van der Waals surface area contributed by atoms with E-state index in [-0.39, 0.29) is 18.1 Å². The van der Waals surface area contributed by atoms with Crippen molar-refractivity contribution < 1.29 is 9.53 Å². The van der Waals surface area contributed by atoms with E-state index in [4.69, 9.17) is 10.00 Å². The molecule has 4 heteroatoms. The van der Waals surface area contributed by atoms with E-state index < -0.39 is 0 Å². The van der Waals surface area contributed by atoms with Crippen LogP contribution in [0.25, 0.3) is 0 Å². The highest BCUT2D eigenvalue weighted by Crippen LogP contribution is 2.10. The van der Waals surface area contributed by atoms with Gasteiger partial charge in [-0.05, 0) is 27.3 Å². The summed E-state index contributed by atoms with van der Waals surface area (Å²) in [6, 6.07) is 1.55. The van der Waals surface area contributed by atoms with Crippen LogP contribution in [0.5, 0.6) is 0 Å². The van der Waals surface area contributed by atoms with E-state index in [1.165, 1.54) is 0 Å². The quantitative estimate of drug-likeness (QED) is 0.627. The van der Waals surface area contributed by atoms with Gasteiger partial charge in [0.2, 0.25) is 0 Å². The normalized spacial score (nSPS) is 14.4. The van der Waals surface area contributed by atoms with E-state index in [9.17, 15) is 4.79 Å². The van der Waals surface area contributed by atoms with Crippen molar-refractivity contribution in [2.45, 2.75) is 45.7 Å². The summed E-state index contributed by atoms with van der Waals surface area (Å²) >= 11 is 0. The Morgan fingerprint density at radius 2 is 2.13 bits per heavy atom. The highest BCUT2D eigenvalue weighted by atomic mass is 16.5. The zero-order valence-electron chi connectivity index (χ0n) is 9.99. The molecule has 0 N–H and O–H groups in total. The molecule has 0 saturated heterocycles. The zero-order valence-corrected chi connectivity index (χ0v) is 9.99. The van der Waals surface area contributed by atoms with Gasteiger partial charge in [0.15, 0.2) is 0 Å². The molecule has 0 spiro atoms. The van der Waals surface area contributed by atoms with Crippen LogP contribution in [-0.4, -0.2) is 36.6 Å². The fourth-order valence-corrected chi connectivity index (χ4v) is 1.36. The molecule has 0 rings (SSSR count). The van der Waals surface area contributed by atoms with Crippen molar-refractivity contribution in [1.29, 1.82) is 5.26 Å². The maximum absolute atomic E-state index is 11.6. The molecule has 2 unspecified atom stereocenters. The lowest BCUT2D eigenvalue weighted by molar-refractivity contribution is -0.149. The van der Waals surface area contributed by atoms with E-state index in [1.807, 2.05) is 6.92 Å².